The van der Waals surface area contributed by atoms with Crippen molar-refractivity contribution in [3.8, 4) is 11.5 Å². The molecule has 1 heterocycles. The van der Waals surface area contributed by atoms with Gasteiger partial charge in [0.2, 0.25) is 0 Å². The standard InChI is InChI=1S/C14H21NO2S/c1-17-13-2-3-14(16)12(8-13)10-15-9-11-4-6-18-7-5-11/h2-3,8,11,15-16H,4-7,9-10H2,1H3. The molecule has 0 radical (unpaired) electrons. The minimum absolute atomic E-state index is 0.336. The Morgan fingerprint density at radius 3 is 2.89 bits per heavy atom. The van der Waals surface area contributed by atoms with Crippen molar-refractivity contribution in [2.45, 2.75) is 19.4 Å². The van der Waals surface area contributed by atoms with Crippen LogP contribution in [0.5, 0.6) is 11.5 Å². The Morgan fingerprint density at radius 1 is 1.39 bits per heavy atom. The van der Waals surface area contributed by atoms with Crippen LogP contribution in [-0.2, 0) is 6.54 Å². The topological polar surface area (TPSA) is 41.5 Å². The van der Waals surface area contributed by atoms with Crippen molar-refractivity contribution < 1.29 is 9.84 Å². The van der Waals surface area contributed by atoms with Gasteiger partial charge in [-0.2, -0.15) is 11.8 Å². The summed E-state index contributed by atoms with van der Waals surface area (Å²) in [6.07, 6.45) is 2.61. The molecule has 1 aliphatic rings. The second-order valence-electron chi connectivity index (χ2n) is 4.68. The largest absolute Gasteiger partial charge is 0.508 e. The van der Waals surface area contributed by atoms with Crippen LogP contribution in [0.3, 0.4) is 0 Å². The van der Waals surface area contributed by atoms with Crippen molar-refractivity contribution in [3.63, 3.8) is 0 Å². The Labute approximate surface area is 113 Å². The van der Waals surface area contributed by atoms with Crippen molar-refractivity contribution in [2.24, 2.45) is 5.92 Å². The maximum atomic E-state index is 9.77. The van der Waals surface area contributed by atoms with Crippen molar-refractivity contribution >= 4 is 11.8 Å². The number of rotatable bonds is 5. The maximum Gasteiger partial charge on any atom is 0.120 e. The zero-order chi connectivity index (χ0) is 12.8. The molecule has 1 saturated heterocycles. The number of hydrogen-bond acceptors (Lipinski definition) is 4. The van der Waals surface area contributed by atoms with Gasteiger partial charge in [-0.15, -0.1) is 0 Å². The minimum atomic E-state index is 0.336. The molecule has 0 aromatic heterocycles. The van der Waals surface area contributed by atoms with E-state index in [1.54, 1.807) is 19.2 Å². The van der Waals surface area contributed by atoms with Crippen LogP contribution in [0.2, 0.25) is 0 Å². The summed E-state index contributed by atoms with van der Waals surface area (Å²) in [7, 11) is 1.64. The van der Waals surface area contributed by atoms with E-state index in [9.17, 15) is 5.11 Å². The number of nitrogens with one attached hydrogen (secondary N) is 1. The first-order valence-corrected chi connectivity index (χ1v) is 7.59. The van der Waals surface area contributed by atoms with Gasteiger partial charge in [0.25, 0.3) is 0 Å². The van der Waals surface area contributed by atoms with E-state index < -0.39 is 0 Å². The molecule has 0 bridgehead atoms. The van der Waals surface area contributed by atoms with Gasteiger partial charge in [0.1, 0.15) is 11.5 Å². The quantitative estimate of drug-likeness (QED) is 0.860. The predicted octanol–water partition coefficient (Wildman–Crippen LogP) is 2.63. The number of hydrogen-bond donors (Lipinski definition) is 2. The molecule has 3 nitrogen and oxygen atoms in total. The number of methoxy groups -OCH3 is 1. The van der Waals surface area contributed by atoms with Crippen LogP contribution in [0.15, 0.2) is 18.2 Å². The third-order valence-corrected chi connectivity index (χ3v) is 4.42. The zero-order valence-electron chi connectivity index (χ0n) is 10.8. The van der Waals surface area contributed by atoms with Crippen molar-refractivity contribution in [3.05, 3.63) is 23.8 Å². The number of benzene rings is 1. The highest BCUT2D eigenvalue weighted by atomic mass is 32.2. The summed E-state index contributed by atoms with van der Waals surface area (Å²) in [5.41, 5.74) is 0.902. The number of thioether (sulfide) groups is 1. The molecule has 18 heavy (non-hydrogen) atoms. The first-order valence-electron chi connectivity index (χ1n) is 6.44. The molecule has 0 saturated carbocycles. The molecule has 2 rings (SSSR count). The molecule has 0 amide bonds. The highest BCUT2D eigenvalue weighted by Gasteiger charge is 2.13. The van der Waals surface area contributed by atoms with Crippen LogP contribution in [0.1, 0.15) is 18.4 Å². The van der Waals surface area contributed by atoms with Crippen LogP contribution in [-0.4, -0.2) is 30.3 Å². The van der Waals surface area contributed by atoms with Crippen LogP contribution >= 0.6 is 11.8 Å². The lowest BCUT2D eigenvalue weighted by Gasteiger charge is -2.21. The fraction of sp³-hybridized carbons (Fsp3) is 0.571. The lowest BCUT2D eigenvalue weighted by molar-refractivity contribution is 0.408. The second kappa shape index (κ2) is 6.90. The summed E-state index contributed by atoms with van der Waals surface area (Å²) in [5, 5.41) is 13.2. The van der Waals surface area contributed by atoms with E-state index in [-0.39, 0.29) is 0 Å². The predicted molar refractivity (Wildman–Crippen MR) is 76.4 cm³/mol. The van der Waals surface area contributed by atoms with Gasteiger partial charge in [-0.1, -0.05) is 0 Å². The minimum Gasteiger partial charge on any atom is -0.508 e. The maximum absolute atomic E-state index is 9.77. The van der Waals surface area contributed by atoms with Crippen LogP contribution in [0.25, 0.3) is 0 Å². The second-order valence-corrected chi connectivity index (χ2v) is 5.91. The van der Waals surface area contributed by atoms with Gasteiger partial charge in [-0.25, -0.2) is 0 Å². The van der Waals surface area contributed by atoms with Crippen molar-refractivity contribution in [1.82, 2.24) is 5.32 Å². The molecule has 1 aromatic rings. The van der Waals surface area contributed by atoms with Crippen LogP contribution in [0.4, 0.5) is 0 Å². The monoisotopic (exact) mass is 267 g/mol. The van der Waals surface area contributed by atoms with E-state index in [0.717, 1.165) is 23.8 Å². The molecule has 0 spiro atoms. The number of ether oxygens (including phenoxy) is 1. The van der Waals surface area contributed by atoms with Gasteiger partial charge >= 0.3 is 0 Å². The SMILES string of the molecule is COc1ccc(O)c(CNCC2CCSCC2)c1. The first kappa shape index (κ1) is 13.6. The Kier molecular flexibility index (Phi) is 5.20. The van der Waals surface area contributed by atoms with E-state index in [1.165, 1.54) is 24.3 Å². The van der Waals surface area contributed by atoms with Crippen molar-refractivity contribution in [1.29, 1.82) is 0 Å². The van der Waals surface area contributed by atoms with Crippen molar-refractivity contribution in [2.75, 3.05) is 25.2 Å². The Balaban J connectivity index is 1.81. The smallest absolute Gasteiger partial charge is 0.120 e. The highest BCUT2D eigenvalue weighted by Crippen LogP contribution is 2.24. The van der Waals surface area contributed by atoms with Gasteiger partial charge < -0.3 is 15.2 Å². The number of aromatic hydroxyl groups is 1. The third kappa shape index (κ3) is 3.82. The Bertz CT molecular complexity index is 378. The summed E-state index contributed by atoms with van der Waals surface area (Å²) in [6.45, 7) is 1.74. The lowest BCUT2D eigenvalue weighted by atomic mass is 10.0. The van der Waals surface area contributed by atoms with E-state index in [4.69, 9.17) is 4.74 Å². The Morgan fingerprint density at radius 2 is 2.17 bits per heavy atom. The molecule has 0 aliphatic carbocycles. The Hall–Kier alpha value is -0.870. The molecule has 0 atom stereocenters. The van der Waals surface area contributed by atoms with Gasteiger partial charge in [0, 0.05) is 12.1 Å². The fourth-order valence-electron chi connectivity index (χ4n) is 2.19. The van der Waals surface area contributed by atoms with E-state index in [1.807, 2.05) is 6.07 Å². The summed E-state index contributed by atoms with van der Waals surface area (Å²) < 4.78 is 5.16. The average molecular weight is 267 g/mol. The summed E-state index contributed by atoms with van der Waals surface area (Å²) in [5.74, 6) is 4.49. The molecular weight excluding hydrogens is 246 g/mol. The van der Waals surface area contributed by atoms with Gasteiger partial charge in [0.05, 0.1) is 7.11 Å². The molecule has 1 aromatic carbocycles. The van der Waals surface area contributed by atoms with E-state index >= 15 is 0 Å². The first-order chi connectivity index (χ1) is 8.79. The van der Waals surface area contributed by atoms with Gasteiger partial charge in [0.15, 0.2) is 0 Å². The molecule has 1 aliphatic heterocycles. The average Bonchev–Trinajstić information content (AvgIpc) is 2.42. The summed E-state index contributed by atoms with van der Waals surface area (Å²) in [4.78, 5) is 0. The van der Waals surface area contributed by atoms with E-state index in [0.29, 0.717) is 12.3 Å². The van der Waals surface area contributed by atoms with Gasteiger partial charge in [-0.3, -0.25) is 0 Å². The number of phenolic OH excluding ortho intramolecular Hbond substituents is 1. The van der Waals surface area contributed by atoms with E-state index in [2.05, 4.69) is 17.1 Å². The zero-order valence-corrected chi connectivity index (χ0v) is 11.6. The summed E-state index contributed by atoms with van der Waals surface area (Å²) >= 11 is 2.05. The van der Waals surface area contributed by atoms with Gasteiger partial charge in [-0.05, 0) is 55.0 Å². The fourth-order valence-corrected chi connectivity index (χ4v) is 3.40. The molecule has 1 fully saturated rings. The summed E-state index contributed by atoms with van der Waals surface area (Å²) in [6, 6.07) is 5.35. The molecule has 100 valence electrons. The number of phenols is 1. The lowest BCUT2D eigenvalue weighted by Crippen LogP contribution is -2.25. The van der Waals surface area contributed by atoms with Crippen LogP contribution < -0.4 is 10.1 Å². The normalized spacial score (nSPS) is 16.7. The molecule has 2 N–H and O–H groups in total. The molecule has 4 heteroatoms. The highest BCUT2D eigenvalue weighted by molar-refractivity contribution is 7.99. The molecule has 0 unspecified atom stereocenters. The third-order valence-electron chi connectivity index (χ3n) is 3.38. The van der Waals surface area contributed by atoms with Crippen LogP contribution in [0, 0.1) is 5.92 Å². The molecular formula is C14H21NO2S.